The minimum atomic E-state index is -0.973. The minimum Gasteiger partial charge on any atom is -0.472 e. The summed E-state index contributed by atoms with van der Waals surface area (Å²) in [6.45, 7) is 3.40. The van der Waals surface area contributed by atoms with Crippen LogP contribution in [0.15, 0.2) is 22.9 Å². The van der Waals surface area contributed by atoms with E-state index in [2.05, 4.69) is 15.3 Å². The van der Waals surface area contributed by atoms with Crippen molar-refractivity contribution < 1.29 is 23.8 Å². The molecule has 3 aromatic rings. The first-order chi connectivity index (χ1) is 12.5. The Bertz CT molecular complexity index is 949. The van der Waals surface area contributed by atoms with E-state index in [1.54, 1.807) is 19.2 Å². The van der Waals surface area contributed by atoms with Crippen LogP contribution >= 0.6 is 11.3 Å². The van der Waals surface area contributed by atoms with Gasteiger partial charge in [-0.2, -0.15) is 0 Å². The van der Waals surface area contributed by atoms with E-state index in [9.17, 15) is 9.59 Å². The van der Waals surface area contributed by atoms with Crippen LogP contribution in [0.3, 0.4) is 0 Å². The third kappa shape index (κ3) is 3.73. The number of nitrogens with one attached hydrogen (secondary N) is 1. The van der Waals surface area contributed by atoms with Gasteiger partial charge in [0.1, 0.15) is 24.7 Å². The Balaban J connectivity index is 1.85. The molecule has 0 radical (unpaired) electrons. The Morgan fingerprint density at radius 2 is 2.23 bits per heavy atom. The van der Waals surface area contributed by atoms with Crippen LogP contribution in [0, 0.1) is 13.8 Å². The fourth-order valence-corrected chi connectivity index (χ4v) is 3.16. The Kier molecular flexibility index (Phi) is 5.29. The number of hydrogen-bond donors (Lipinski definition) is 2. The predicted octanol–water partition coefficient (Wildman–Crippen LogP) is 1.77. The standard InChI is InChI=1S/C17H17N3O5S/c1-9-16(17(23)20-11(6-21)7-22)13-3-15(19-5-14(13)25-9)24-8-12-4-18-10(2)26-12/h3-6,11,22H,7-8H2,1-2H3,(H,20,23). The summed E-state index contributed by atoms with van der Waals surface area (Å²) in [7, 11) is 0. The van der Waals surface area contributed by atoms with Gasteiger partial charge >= 0.3 is 0 Å². The van der Waals surface area contributed by atoms with Crippen molar-refractivity contribution in [2.45, 2.75) is 26.5 Å². The maximum atomic E-state index is 12.5. The predicted molar refractivity (Wildman–Crippen MR) is 94.3 cm³/mol. The van der Waals surface area contributed by atoms with Crippen LogP contribution in [0.4, 0.5) is 0 Å². The molecule has 9 heteroatoms. The van der Waals surface area contributed by atoms with E-state index in [0.29, 0.717) is 35.5 Å². The number of aromatic nitrogens is 2. The Hall–Kier alpha value is -2.78. The highest BCUT2D eigenvalue weighted by Crippen LogP contribution is 2.28. The number of fused-ring (bicyclic) bond motifs is 1. The van der Waals surface area contributed by atoms with Gasteiger partial charge in [0, 0.05) is 17.6 Å². The van der Waals surface area contributed by atoms with E-state index < -0.39 is 18.6 Å². The normalized spacial score (nSPS) is 12.1. The summed E-state index contributed by atoms with van der Waals surface area (Å²) in [6, 6.07) is 0.641. The average Bonchev–Trinajstić information content (AvgIpc) is 3.19. The fraction of sp³-hybridized carbons (Fsp3) is 0.294. The number of amides is 1. The van der Waals surface area contributed by atoms with Crippen LogP contribution in [0.1, 0.15) is 26.0 Å². The summed E-state index contributed by atoms with van der Waals surface area (Å²) >= 11 is 1.53. The van der Waals surface area contributed by atoms with Crippen molar-refractivity contribution in [3.05, 3.63) is 39.7 Å². The van der Waals surface area contributed by atoms with Gasteiger partial charge in [0.2, 0.25) is 5.88 Å². The summed E-state index contributed by atoms with van der Waals surface area (Å²) in [4.78, 5) is 32.6. The maximum Gasteiger partial charge on any atom is 0.256 e. The number of aliphatic hydroxyl groups excluding tert-OH is 1. The fourth-order valence-electron chi connectivity index (χ4n) is 2.45. The lowest BCUT2D eigenvalue weighted by Crippen LogP contribution is -2.38. The molecular formula is C17H17N3O5S. The van der Waals surface area contributed by atoms with Crippen molar-refractivity contribution >= 4 is 34.5 Å². The molecule has 0 bridgehead atoms. The smallest absolute Gasteiger partial charge is 0.256 e. The van der Waals surface area contributed by atoms with Crippen LogP contribution in [-0.2, 0) is 11.4 Å². The second-order valence-electron chi connectivity index (χ2n) is 5.58. The molecule has 3 aromatic heterocycles. The van der Waals surface area contributed by atoms with E-state index >= 15 is 0 Å². The molecular weight excluding hydrogens is 358 g/mol. The number of ether oxygens (including phenoxy) is 1. The monoisotopic (exact) mass is 375 g/mol. The largest absolute Gasteiger partial charge is 0.472 e. The third-order valence-electron chi connectivity index (χ3n) is 3.66. The number of furan rings is 1. The molecule has 0 saturated heterocycles. The van der Waals surface area contributed by atoms with E-state index in [4.69, 9.17) is 14.3 Å². The highest BCUT2D eigenvalue weighted by molar-refractivity contribution is 7.11. The van der Waals surface area contributed by atoms with Crippen LogP contribution in [0.5, 0.6) is 5.88 Å². The van der Waals surface area contributed by atoms with Gasteiger partial charge < -0.3 is 24.4 Å². The molecule has 1 amide bonds. The van der Waals surface area contributed by atoms with Crippen molar-refractivity contribution in [1.29, 1.82) is 0 Å². The van der Waals surface area contributed by atoms with Crippen molar-refractivity contribution in [1.82, 2.24) is 15.3 Å². The van der Waals surface area contributed by atoms with Crippen LogP contribution in [0.25, 0.3) is 11.0 Å². The molecule has 0 fully saturated rings. The van der Waals surface area contributed by atoms with Crippen LogP contribution < -0.4 is 10.1 Å². The summed E-state index contributed by atoms with van der Waals surface area (Å²) in [5, 5.41) is 13.0. The Morgan fingerprint density at radius 3 is 2.88 bits per heavy atom. The molecule has 26 heavy (non-hydrogen) atoms. The number of rotatable bonds is 7. The lowest BCUT2D eigenvalue weighted by Gasteiger charge is -2.09. The first kappa shape index (κ1) is 18.0. The first-order valence-corrected chi connectivity index (χ1v) is 8.63. The van der Waals surface area contributed by atoms with Crippen molar-refractivity contribution in [3.63, 3.8) is 0 Å². The molecule has 3 rings (SSSR count). The van der Waals surface area contributed by atoms with Gasteiger partial charge in [-0.1, -0.05) is 0 Å². The van der Waals surface area contributed by atoms with Gasteiger partial charge in [0.25, 0.3) is 5.91 Å². The molecule has 8 nitrogen and oxygen atoms in total. The zero-order chi connectivity index (χ0) is 18.7. The highest BCUT2D eigenvalue weighted by atomic mass is 32.1. The van der Waals surface area contributed by atoms with Gasteiger partial charge in [-0.15, -0.1) is 11.3 Å². The number of carbonyl (C=O) groups excluding carboxylic acids is 2. The topological polar surface area (TPSA) is 115 Å². The van der Waals surface area contributed by atoms with Crippen molar-refractivity contribution in [3.8, 4) is 5.88 Å². The quantitative estimate of drug-likeness (QED) is 0.605. The van der Waals surface area contributed by atoms with Gasteiger partial charge in [0.15, 0.2) is 5.58 Å². The summed E-state index contributed by atoms with van der Waals surface area (Å²) in [5.74, 6) is 0.215. The molecule has 0 saturated carbocycles. The molecule has 1 atom stereocenters. The average molecular weight is 375 g/mol. The summed E-state index contributed by atoms with van der Waals surface area (Å²) in [5.41, 5.74) is 0.710. The van der Waals surface area contributed by atoms with Gasteiger partial charge in [0.05, 0.1) is 28.3 Å². The van der Waals surface area contributed by atoms with Crippen molar-refractivity contribution in [2.24, 2.45) is 0 Å². The lowest BCUT2D eigenvalue weighted by molar-refractivity contribution is -0.110. The summed E-state index contributed by atoms with van der Waals surface area (Å²) < 4.78 is 11.2. The van der Waals surface area contributed by atoms with Gasteiger partial charge in [-0.25, -0.2) is 9.97 Å². The number of hydrogen-bond acceptors (Lipinski definition) is 8. The lowest BCUT2D eigenvalue weighted by atomic mass is 10.1. The molecule has 136 valence electrons. The Labute approximate surface area is 152 Å². The molecule has 0 aliphatic carbocycles. The number of carbonyl (C=O) groups is 2. The molecule has 0 aliphatic rings. The molecule has 0 spiro atoms. The summed E-state index contributed by atoms with van der Waals surface area (Å²) in [6.07, 6.45) is 3.70. The number of aliphatic hydroxyl groups is 1. The Morgan fingerprint density at radius 1 is 1.42 bits per heavy atom. The van der Waals surface area contributed by atoms with E-state index in [1.165, 1.54) is 17.5 Å². The zero-order valence-corrected chi connectivity index (χ0v) is 15.0. The molecule has 2 N–H and O–H groups in total. The number of thiazole rings is 1. The number of nitrogens with zero attached hydrogens (tertiary/aromatic N) is 2. The van der Waals surface area contributed by atoms with Gasteiger partial charge in [-0.05, 0) is 13.8 Å². The molecule has 3 heterocycles. The van der Waals surface area contributed by atoms with E-state index in [-0.39, 0.29) is 5.56 Å². The zero-order valence-electron chi connectivity index (χ0n) is 14.2. The van der Waals surface area contributed by atoms with Gasteiger partial charge in [-0.3, -0.25) is 4.79 Å². The number of aldehydes is 1. The number of pyridine rings is 1. The second kappa shape index (κ2) is 7.63. The SMILES string of the molecule is Cc1ncc(COc2cc3c(C(=O)NC(C=O)CO)c(C)oc3cn2)s1. The third-order valence-corrected chi connectivity index (χ3v) is 4.55. The molecule has 1 unspecified atom stereocenters. The number of aryl methyl sites for hydroxylation is 2. The molecule has 0 aliphatic heterocycles. The maximum absolute atomic E-state index is 12.5. The second-order valence-corrected chi connectivity index (χ2v) is 6.90. The van der Waals surface area contributed by atoms with Crippen LogP contribution in [-0.4, -0.2) is 39.9 Å². The van der Waals surface area contributed by atoms with E-state index in [1.807, 2.05) is 6.92 Å². The minimum absolute atomic E-state index is 0.279. The first-order valence-electron chi connectivity index (χ1n) is 7.82. The van der Waals surface area contributed by atoms with Crippen molar-refractivity contribution in [2.75, 3.05) is 6.61 Å². The van der Waals surface area contributed by atoms with Crippen LogP contribution in [0.2, 0.25) is 0 Å². The molecule has 0 aromatic carbocycles. The van der Waals surface area contributed by atoms with E-state index in [0.717, 1.165) is 9.88 Å². The highest BCUT2D eigenvalue weighted by Gasteiger charge is 2.21.